The van der Waals surface area contributed by atoms with Gasteiger partial charge in [-0.1, -0.05) is 30.3 Å². The minimum absolute atomic E-state index is 0.0505. The summed E-state index contributed by atoms with van der Waals surface area (Å²) in [5.74, 6) is 0.275. The van der Waals surface area contributed by atoms with Crippen molar-refractivity contribution >= 4 is 11.7 Å². The molecule has 0 bridgehead atoms. The van der Waals surface area contributed by atoms with Crippen LogP contribution in [0.2, 0.25) is 0 Å². The molecule has 1 aromatic carbocycles. The summed E-state index contributed by atoms with van der Waals surface area (Å²) in [6.07, 6.45) is 2.86. The summed E-state index contributed by atoms with van der Waals surface area (Å²) in [5.41, 5.74) is 3.16. The van der Waals surface area contributed by atoms with Gasteiger partial charge in [-0.3, -0.25) is 4.79 Å². The number of nitrogens with zero attached hydrogens (tertiary/aromatic N) is 4. The first-order valence-corrected chi connectivity index (χ1v) is 9.71. The zero-order chi connectivity index (χ0) is 20.4. The Bertz CT molecular complexity index is 1000. The first kappa shape index (κ1) is 19.1. The van der Waals surface area contributed by atoms with Gasteiger partial charge in [-0.15, -0.1) is 0 Å². The highest BCUT2D eigenvalue weighted by Crippen LogP contribution is 2.25. The van der Waals surface area contributed by atoms with E-state index in [0.29, 0.717) is 18.7 Å². The largest absolute Gasteiger partial charge is 0.365 e. The van der Waals surface area contributed by atoms with Crippen LogP contribution in [0.5, 0.6) is 0 Å². The van der Waals surface area contributed by atoms with Crippen molar-refractivity contribution in [2.45, 2.75) is 25.6 Å². The fourth-order valence-electron chi connectivity index (χ4n) is 3.68. The van der Waals surface area contributed by atoms with Crippen LogP contribution in [0.25, 0.3) is 11.3 Å². The van der Waals surface area contributed by atoms with Gasteiger partial charge in [0.1, 0.15) is 5.82 Å². The van der Waals surface area contributed by atoms with E-state index in [0.717, 1.165) is 29.2 Å². The molecule has 1 aliphatic heterocycles. The predicted molar refractivity (Wildman–Crippen MR) is 110 cm³/mol. The number of halogens is 1. The van der Waals surface area contributed by atoms with Gasteiger partial charge in [0.15, 0.2) is 0 Å². The highest BCUT2D eigenvalue weighted by atomic mass is 19.1. The summed E-state index contributed by atoms with van der Waals surface area (Å²) < 4.78 is 16.5. The molecule has 0 saturated carbocycles. The van der Waals surface area contributed by atoms with E-state index in [-0.39, 0.29) is 6.04 Å². The molecule has 1 amide bonds. The number of carbonyl (C=O) groups is 1. The van der Waals surface area contributed by atoms with E-state index >= 15 is 0 Å². The van der Waals surface area contributed by atoms with Gasteiger partial charge in [-0.2, -0.15) is 0 Å². The fourth-order valence-corrected chi connectivity index (χ4v) is 3.68. The molecule has 0 aliphatic carbocycles. The molecule has 1 saturated heterocycles. The average molecular weight is 393 g/mol. The van der Waals surface area contributed by atoms with Crippen molar-refractivity contribution in [1.82, 2.24) is 19.4 Å². The monoisotopic (exact) mass is 393 g/mol. The van der Waals surface area contributed by atoms with Crippen LogP contribution in [0.4, 0.5) is 10.2 Å². The third kappa shape index (κ3) is 4.13. The number of alkyl halides is 1. The molecule has 0 unspecified atom stereocenters. The minimum atomic E-state index is -1.62. The Kier molecular flexibility index (Phi) is 5.29. The molecule has 1 fully saturated rings. The number of nitrogens with one attached hydrogen (secondary N) is 1. The number of imidazole rings is 1. The number of amides is 1. The molecule has 29 heavy (non-hydrogen) atoms. The molecular formula is C22H24FN5O. The number of pyridine rings is 1. The van der Waals surface area contributed by atoms with Gasteiger partial charge >= 0.3 is 0 Å². The molecule has 0 spiro atoms. The van der Waals surface area contributed by atoms with E-state index in [1.807, 2.05) is 42.9 Å². The molecule has 2 atom stereocenters. The van der Waals surface area contributed by atoms with Crippen LogP contribution in [0.3, 0.4) is 0 Å². The lowest BCUT2D eigenvalue weighted by Crippen LogP contribution is -2.34. The summed E-state index contributed by atoms with van der Waals surface area (Å²) in [6, 6.07) is 12.5. The molecule has 1 N–H and O–H groups in total. The second-order valence-corrected chi connectivity index (χ2v) is 7.44. The molecule has 3 heterocycles. The van der Waals surface area contributed by atoms with Crippen molar-refractivity contribution in [2.24, 2.45) is 7.05 Å². The summed E-state index contributed by atoms with van der Waals surface area (Å²) in [5, 5.41) is 3.38. The molecule has 4 rings (SSSR count). The van der Waals surface area contributed by atoms with Crippen molar-refractivity contribution in [3.63, 3.8) is 0 Å². The Labute approximate surface area is 169 Å². The SMILES string of the molecule is Cc1nc(N[C@H]2CCN(C(=O)[C@@H](F)c3ccccc3)C2)ccc1-c1cn(C)cn1. The zero-order valence-corrected chi connectivity index (χ0v) is 16.5. The Hall–Kier alpha value is -3.22. The lowest BCUT2D eigenvalue weighted by atomic mass is 10.1. The topological polar surface area (TPSA) is 63.1 Å². The van der Waals surface area contributed by atoms with Gasteiger partial charge in [-0.25, -0.2) is 14.4 Å². The summed E-state index contributed by atoms with van der Waals surface area (Å²) >= 11 is 0. The smallest absolute Gasteiger partial charge is 0.261 e. The van der Waals surface area contributed by atoms with E-state index in [1.54, 1.807) is 35.5 Å². The lowest BCUT2D eigenvalue weighted by molar-refractivity contribution is -0.135. The predicted octanol–water partition coefficient (Wildman–Crippen LogP) is 3.51. The molecular weight excluding hydrogens is 369 g/mol. The minimum Gasteiger partial charge on any atom is -0.365 e. The van der Waals surface area contributed by atoms with Crippen LogP contribution in [0, 0.1) is 6.92 Å². The van der Waals surface area contributed by atoms with Crippen LogP contribution in [0.1, 0.15) is 23.8 Å². The van der Waals surface area contributed by atoms with E-state index in [2.05, 4.69) is 15.3 Å². The van der Waals surface area contributed by atoms with Crippen LogP contribution in [-0.2, 0) is 11.8 Å². The second kappa shape index (κ2) is 8.03. The Morgan fingerprint density at radius 1 is 1.24 bits per heavy atom. The molecule has 0 radical (unpaired) electrons. The summed E-state index contributed by atoms with van der Waals surface area (Å²) in [4.78, 5) is 23.1. The van der Waals surface area contributed by atoms with Gasteiger partial charge < -0.3 is 14.8 Å². The van der Waals surface area contributed by atoms with Gasteiger partial charge in [0.2, 0.25) is 6.17 Å². The van der Waals surface area contributed by atoms with Crippen molar-refractivity contribution < 1.29 is 9.18 Å². The Morgan fingerprint density at radius 2 is 2.03 bits per heavy atom. The quantitative estimate of drug-likeness (QED) is 0.721. The molecule has 150 valence electrons. The summed E-state index contributed by atoms with van der Waals surface area (Å²) in [7, 11) is 1.93. The molecule has 6 nitrogen and oxygen atoms in total. The van der Waals surface area contributed by atoms with Crippen LogP contribution >= 0.6 is 0 Å². The van der Waals surface area contributed by atoms with E-state index in [4.69, 9.17) is 0 Å². The Morgan fingerprint density at radius 3 is 2.72 bits per heavy atom. The standard InChI is InChI=1S/C22H24FN5O/c1-15-18(19-13-27(2)14-24-19)8-9-20(25-15)26-17-10-11-28(12-17)22(29)21(23)16-6-4-3-5-7-16/h3-9,13-14,17,21H,10-12H2,1-2H3,(H,25,26)/t17-,21-/m0/s1. The Balaban J connectivity index is 1.39. The van der Waals surface area contributed by atoms with E-state index < -0.39 is 12.1 Å². The summed E-state index contributed by atoms with van der Waals surface area (Å²) in [6.45, 7) is 2.96. The number of aryl methyl sites for hydroxylation is 2. The number of rotatable bonds is 5. The highest BCUT2D eigenvalue weighted by Gasteiger charge is 2.31. The molecule has 2 aromatic heterocycles. The van der Waals surface area contributed by atoms with Crippen LogP contribution in [-0.4, -0.2) is 44.5 Å². The third-order valence-electron chi connectivity index (χ3n) is 5.23. The molecule has 3 aromatic rings. The normalized spacial score (nSPS) is 17.3. The second-order valence-electron chi connectivity index (χ2n) is 7.44. The van der Waals surface area contributed by atoms with Crippen LogP contribution in [0.15, 0.2) is 55.0 Å². The maximum atomic E-state index is 14.6. The number of benzene rings is 1. The van der Waals surface area contributed by atoms with Crippen molar-refractivity contribution in [3.8, 4) is 11.3 Å². The fraction of sp³-hybridized carbons (Fsp3) is 0.318. The number of aromatic nitrogens is 3. The van der Waals surface area contributed by atoms with E-state index in [9.17, 15) is 9.18 Å². The number of likely N-dealkylation sites (tertiary alicyclic amines) is 1. The van der Waals surface area contributed by atoms with Gasteiger partial charge in [0.25, 0.3) is 5.91 Å². The van der Waals surface area contributed by atoms with Gasteiger partial charge in [-0.05, 0) is 31.0 Å². The zero-order valence-electron chi connectivity index (χ0n) is 16.5. The number of carbonyl (C=O) groups excluding carboxylic acids is 1. The maximum Gasteiger partial charge on any atom is 0.261 e. The molecule has 7 heteroatoms. The lowest BCUT2D eigenvalue weighted by Gasteiger charge is -2.20. The first-order chi connectivity index (χ1) is 14.0. The number of hydrogen-bond donors (Lipinski definition) is 1. The number of hydrogen-bond acceptors (Lipinski definition) is 4. The number of anilines is 1. The van der Waals surface area contributed by atoms with Crippen molar-refractivity contribution in [3.05, 3.63) is 66.2 Å². The highest BCUT2D eigenvalue weighted by molar-refractivity contribution is 5.82. The maximum absolute atomic E-state index is 14.6. The average Bonchev–Trinajstić information content (AvgIpc) is 3.37. The van der Waals surface area contributed by atoms with Crippen molar-refractivity contribution in [1.29, 1.82) is 0 Å². The van der Waals surface area contributed by atoms with Gasteiger partial charge in [0.05, 0.1) is 12.0 Å². The van der Waals surface area contributed by atoms with E-state index in [1.165, 1.54) is 0 Å². The third-order valence-corrected chi connectivity index (χ3v) is 5.23. The first-order valence-electron chi connectivity index (χ1n) is 9.71. The van der Waals surface area contributed by atoms with Gasteiger partial charge in [0, 0.05) is 43.6 Å². The molecule has 1 aliphatic rings. The van der Waals surface area contributed by atoms with Crippen molar-refractivity contribution in [2.75, 3.05) is 18.4 Å². The van der Waals surface area contributed by atoms with Crippen LogP contribution < -0.4 is 5.32 Å².